The molecule has 0 radical (unpaired) electrons. The minimum atomic E-state index is -0.301. The number of alkyl halides is 1. The molecule has 0 aliphatic rings. The van der Waals surface area contributed by atoms with Crippen LogP contribution in [0.15, 0.2) is 17.2 Å². The van der Waals surface area contributed by atoms with Crippen LogP contribution in [-0.2, 0) is 6.54 Å². The fourth-order valence-corrected chi connectivity index (χ4v) is 1.83. The van der Waals surface area contributed by atoms with Gasteiger partial charge < -0.3 is 9.88 Å². The van der Waals surface area contributed by atoms with E-state index < -0.39 is 0 Å². The summed E-state index contributed by atoms with van der Waals surface area (Å²) in [6.45, 7) is 8.87. The molecule has 0 spiro atoms. The molecule has 0 bridgehead atoms. The molecule has 1 aromatic heterocycles. The van der Waals surface area contributed by atoms with E-state index in [4.69, 9.17) is 11.6 Å². The van der Waals surface area contributed by atoms with Crippen LogP contribution in [0.1, 0.15) is 34.1 Å². The highest BCUT2D eigenvalue weighted by Gasteiger charge is 2.22. The lowest BCUT2D eigenvalue weighted by molar-refractivity contribution is 0.505. The van der Waals surface area contributed by atoms with Gasteiger partial charge in [-0.05, 0) is 19.3 Å². The fourth-order valence-electron chi connectivity index (χ4n) is 1.57. The Morgan fingerprint density at radius 1 is 1.56 bits per heavy atom. The van der Waals surface area contributed by atoms with Gasteiger partial charge in [0.25, 0.3) is 5.56 Å². The van der Waals surface area contributed by atoms with E-state index >= 15 is 0 Å². The predicted octanol–water partition coefficient (Wildman–Crippen LogP) is 2.72. The van der Waals surface area contributed by atoms with Gasteiger partial charge in [-0.25, -0.2) is 4.98 Å². The number of nitrogens with one attached hydrogen (secondary N) is 1. The Labute approximate surface area is 113 Å². The van der Waals surface area contributed by atoms with Crippen molar-refractivity contribution in [3.8, 4) is 0 Å². The van der Waals surface area contributed by atoms with E-state index in [0.717, 1.165) is 6.42 Å². The molecule has 102 valence electrons. The van der Waals surface area contributed by atoms with Gasteiger partial charge in [0, 0.05) is 30.4 Å². The Kier molecular flexibility index (Phi) is 5.20. The van der Waals surface area contributed by atoms with Gasteiger partial charge in [-0.1, -0.05) is 20.8 Å². The summed E-state index contributed by atoms with van der Waals surface area (Å²) in [4.78, 5) is 16.3. The van der Waals surface area contributed by atoms with Crippen molar-refractivity contribution in [2.45, 2.75) is 46.2 Å². The van der Waals surface area contributed by atoms with Crippen molar-refractivity contribution >= 4 is 17.4 Å². The Morgan fingerprint density at radius 3 is 2.72 bits per heavy atom. The first kappa shape index (κ1) is 15.0. The number of hydrogen-bond donors (Lipinski definition) is 1. The van der Waals surface area contributed by atoms with Crippen molar-refractivity contribution < 1.29 is 0 Å². The fraction of sp³-hybridized carbons (Fsp3) is 0.692. The van der Waals surface area contributed by atoms with Crippen LogP contribution in [0.3, 0.4) is 0 Å². The minimum absolute atomic E-state index is 0.0870. The Hall–Kier alpha value is -1.03. The molecule has 18 heavy (non-hydrogen) atoms. The average molecular weight is 272 g/mol. The van der Waals surface area contributed by atoms with E-state index in [1.807, 2.05) is 13.8 Å². The summed E-state index contributed by atoms with van der Waals surface area (Å²) in [7, 11) is 0. The molecule has 4 nitrogen and oxygen atoms in total. The quantitative estimate of drug-likeness (QED) is 0.810. The largest absolute Gasteiger partial charge is 0.359 e. The SMILES string of the molecule is CCC(C)(CCl)Nc1nccn(CC(C)C)c1=O. The molecule has 1 heterocycles. The second kappa shape index (κ2) is 6.23. The normalized spacial score (nSPS) is 14.6. The van der Waals surface area contributed by atoms with Crippen LogP contribution >= 0.6 is 11.6 Å². The summed E-state index contributed by atoms with van der Waals surface area (Å²) in [5.41, 5.74) is -0.388. The molecule has 0 amide bonds. The predicted molar refractivity (Wildman–Crippen MR) is 76.4 cm³/mol. The minimum Gasteiger partial charge on any atom is -0.359 e. The molecular formula is C13H22ClN3O. The number of hydrogen-bond acceptors (Lipinski definition) is 3. The average Bonchev–Trinajstić information content (AvgIpc) is 2.33. The highest BCUT2D eigenvalue weighted by atomic mass is 35.5. The Bertz CT molecular complexity index is 438. The van der Waals surface area contributed by atoms with Gasteiger partial charge in [0.2, 0.25) is 0 Å². The summed E-state index contributed by atoms with van der Waals surface area (Å²) >= 11 is 5.94. The first-order valence-electron chi connectivity index (χ1n) is 6.31. The lowest BCUT2D eigenvalue weighted by Gasteiger charge is -2.27. The number of halogens is 1. The number of nitrogens with zero attached hydrogens (tertiary/aromatic N) is 2. The Balaban J connectivity index is 3.01. The lowest BCUT2D eigenvalue weighted by Crippen LogP contribution is -2.39. The second-order valence-electron chi connectivity index (χ2n) is 5.30. The first-order chi connectivity index (χ1) is 8.41. The molecule has 1 unspecified atom stereocenters. The van der Waals surface area contributed by atoms with E-state index in [9.17, 15) is 4.79 Å². The third-order valence-electron chi connectivity index (χ3n) is 2.97. The molecule has 0 fully saturated rings. The van der Waals surface area contributed by atoms with Gasteiger partial charge in [0.05, 0.1) is 0 Å². The van der Waals surface area contributed by atoms with Crippen LogP contribution in [-0.4, -0.2) is 21.0 Å². The van der Waals surface area contributed by atoms with Gasteiger partial charge in [-0.3, -0.25) is 4.79 Å². The number of aromatic nitrogens is 2. The van der Waals surface area contributed by atoms with E-state index in [1.165, 1.54) is 0 Å². The molecule has 1 rings (SSSR count). The number of rotatable bonds is 6. The smallest absolute Gasteiger partial charge is 0.293 e. The maximum absolute atomic E-state index is 12.2. The third-order valence-corrected chi connectivity index (χ3v) is 3.56. The molecule has 1 aromatic rings. The monoisotopic (exact) mass is 271 g/mol. The van der Waals surface area contributed by atoms with Gasteiger partial charge in [0.15, 0.2) is 5.82 Å². The summed E-state index contributed by atoms with van der Waals surface area (Å²) in [5.74, 6) is 1.23. The van der Waals surface area contributed by atoms with Crippen molar-refractivity contribution in [1.29, 1.82) is 0 Å². The van der Waals surface area contributed by atoms with E-state index in [1.54, 1.807) is 17.0 Å². The summed E-state index contributed by atoms with van der Waals surface area (Å²) in [5, 5.41) is 3.16. The van der Waals surface area contributed by atoms with Crippen LogP contribution in [0.2, 0.25) is 0 Å². The zero-order valence-corrected chi connectivity index (χ0v) is 12.3. The van der Waals surface area contributed by atoms with E-state index in [0.29, 0.717) is 24.2 Å². The molecule has 0 aliphatic heterocycles. The lowest BCUT2D eigenvalue weighted by atomic mass is 10.0. The molecule has 5 heteroatoms. The topological polar surface area (TPSA) is 46.9 Å². The molecule has 0 aliphatic carbocycles. The van der Waals surface area contributed by atoms with Crippen LogP contribution < -0.4 is 10.9 Å². The van der Waals surface area contributed by atoms with Crippen LogP contribution in [0.25, 0.3) is 0 Å². The van der Waals surface area contributed by atoms with Crippen molar-refractivity contribution in [1.82, 2.24) is 9.55 Å². The summed E-state index contributed by atoms with van der Waals surface area (Å²) < 4.78 is 1.68. The van der Waals surface area contributed by atoms with Gasteiger partial charge in [-0.2, -0.15) is 0 Å². The van der Waals surface area contributed by atoms with Gasteiger partial charge in [0.1, 0.15) is 0 Å². The molecule has 0 saturated carbocycles. The summed E-state index contributed by atoms with van der Waals surface area (Å²) in [6, 6.07) is 0. The van der Waals surface area contributed by atoms with Crippen molar-refractivity contribution in [3.63, 3.8) is 0 Å². The third kappa shape index (κ3) is 3.73. The van der Waals surface area contributed by atoms with Crippen molar-refractivity contribution in [2.24, 2.45) is 5.92 Å². The first-order valence-corrected chi connectivity index (χ1v) is 6.85. The van der Waals surface area contributed by atoms with Gasteiger partial charge in [-0.15, -0.1) is 11.6 Å². The van der Waals surface area contributed by atoms with Gasteiger partial charge >= 0.3 is 0 Å². The second-order valence-corrected chi connectivity index (χ2v) is 5.57. The molecule has 1 N–H and O–H groups in total. The maximum atomic E-state index is 12.2. The zero-order chi connectivity index (χ0) is 13.8. The molecule has 1 atom stereocenters. The van der Waals surface area contributed by atoms with Crippen LogP contribution in [0.5, 0.6) is 0 Å². The maximum Gasteiger partial charge on any atom is 0.293 e. The Morgan fingerprint density at radius 2 is 2.22 bits per heavy atom. The highest BCUT2D eigenvalue weighted by Crippen LogP contribution is 2.16. The van der Waals surface area contributed by atoms with Crippen molar-refractivity contribution in [3.05, 3.63) is 22.7 Å². The molecule has 0 saturated heterocycles. The van der Waals surface area contributed by atoms with Crippen LogP contribution in [0.4, 0.5) is 5.82 Å². The zero-order valence-electron chi connectivity index (χ0n) is 11.5. The highest BCUT2D eigenvalue weighted by molar-refractivity contribution is 6.18. The standard InChI is InChI=1S/C13H22ClN3O/c1-5-13(4,9-14)16-11-12(18)17(7-6-15-11)8-10(2)3/h6-7,10H,5,8-9H2,1-4H3,(H,15,16). The van der Waals surface area contributed by atoms with Crippen molar-refractivity contribution in [2.75, 3.05) is 11.2 Å². The van der Waals surface area contributed by atoms with E-state index in [-0.39, 0.29) is 11.1 Å². The molecular weight excluding hydrogens is 250 g/mol. The number of anilines is 1. The van der Waals surface area contributed by atoms with E-state index in [2.05, 4.69) is 24.1 Å². The molecule has 0 aromatic carbocycles. The van der Waals surface area contributed by atoms with Crippen LogP contribution in [0, 0.1) is 5.92 Å². The summed E-state index contributed by atoms with van der Waals surface area (Å²) in [6.07, 6.45) is 4.20.